The van der Waals surface area contributed by atoms with E-state index < -0.39 is 6.10 Å². The highest BCUT2D eigenvalue weighted by Gasteiger charge is 2.08. The second-order valence-corrected chi connectivity index (χ2v) is 5.76. The molecular formula is C16H16ClNO2S. The summed E-state index contributed by atoms with van der Waals surface area (Å²) in [6.45, 7) is 0.403. The molecule has 1 atom stereocenters. The fraction of sp³-hybridized carbons (Fsp3) is 0.188. The monoisotopic (exact) mass is 321 g/mol. The number of carbonyl (C=O) groups excluding carboxylic acids is 1. The Morgan fingerprint density at radius 3 is 3.00 bits per heavy atom. The van der Waals surface area contributed by atoms with Crippen LogP contribution in [0.5, 0.6) is 0 Å². The zero-order valence-electron chi connectivity index (χ0n) is 11.3. The summed E-state index contributed by atoms with van der Waals surface area (Å²) in [5.74, 6) is -0.167. The summed E-state index contributed by atoms with van der Waals surface area (Å²) >= 11 is 7.46. The Hall–Kier alpha value is -1.62. The lowest BCUT2D eigenvalue weighted by molar-refractivity contribution is -0.116. The molecule has 1 amide bonds. The van der Waals surface area contributed by atoms with Gasteiger partial charge in [0.25, 0.3) is 0 Å². The SMILES string of the molecule is O=C(C=Cc1ccsc1)NCCC(O)c1cccc(Cl)c1. The molecule has 0 saturated heterocycles. The van der Waals surface area contributed by atoms with Gasteiger partial charge in [-0.15, -0.1) is 0 Å². The molecule has 2 rings (SSSR count). The molecule has 2 aromatic rings. The Morgan fingerprint density at radius 1 is 1.43 bits per heavy atom. The molecule has 0 spiro atoms. The summed E-state index contributed by atoms with van der Waals surface area (Å²) in [5.41, 5.74) is 1.76. The highest BCUT2D eigenvalue weighted by atomic mass is 35.5. The Morgan fingerprint density at radius 2 is 2.29 bits per heavy atom. The van der Waals surface area contributed by atoms with E-state index in [1.54, 1.807) is 35.6 Å². The Kier molecular flexibility index (Phi) is 5.99. The van der Waals surface area contributed by atoms with Crippen molar-refractivity contribution < 1.29 is 9.90 Å². The van der Waals surface area contributed by atoms with Gasteiger partial charge in [-0.05, 0) is 52.6 Å². The molecule has 0 saturated carbocycles. The minimum atomic E-state index is -0.634. The van der Waals surface area contributed by atoms with E-state index >= 15 is 0 Å². The van der Waals surface area contributed by atoms with E-state index in [1.807, 2.05) is 22.9 Å². The van der Waals surface area contributed by atoms with Crippen molar-refractivity contribution in [2.45, 2.75) is 12.5 Å². The molecule has 5 heteroatoms. The van der Waals surface area contributed by atoms with Gasteiger partial charge in [0, 0.05) is 17.6 Å². The van der Waals surface area contributed by atoms with Gasteiger partial charge in [-0.2, -0.15) is 11.3 Å². The number of halogens is 1. The molecule has 0 aliphatic heterocycles. The van der Waals surface area contributed by atoms with Gasteiger partial charge in [0.1, 0.15) is 0 Å². The number of aliphatic hydroxyl groups excluding tert-OH is 1. The van der Waals surface area contributed by atoms with Gasteiger partial charge in [-0.1, -0.05) is 23.7 Å². The summed E-state index contributed by atoms with van der Waals surface area (Å²) in [7, 11) is 0. The molecule has 1 aromatic heterocycles. The van der Waals surface area contributed by atoms with Crippen molar-refractivity contribution in [2.75, 3.05) is 6.54 Å². The highest BCUT2D eigenvalue weighted by molar-refractivity contribution is 7.08. The number of nitrogens with one attached hydrogen (secondary N) is 1. The van der Waals surface area contributed by atoms with E-state index in [4.69, 9.17) is 11.6 Å². The van der Waals surface area contributed by atoms with E-state index in [-0.39, 0.29) is 5.91 Å². The lowest BCUT2D eigenvalue weighted by atomic mass is 10.1. The largest absolute Gasteiger partial charge is 0.388 e. The van der Waals surface area contributed by atoms with Gasteiger partial charge < -0.3 is 10.4 Å². The molecule has 1 unspecified atom stereocenters. The number of hydrogen-bond donors (Lipinski definition) is 2. The maximum atomic E-state index is 11.6. The molecule has 0 bridgehead atoms. The van der Waals surface area contributed by atoms with Crippen LogP contribution < -0.4 is 5.32 Å². The van der Waals surface area contributed by atoms with Crippen LogP contribution in [0.15, 0.2) is 47.2 Å². The van der Waals surface area contributed by atoms with Crippen molar-refractivity contribution in [3.63, 3.8) is 0 Å². The first-order valence-electron chi connectivity index (χ1n) is 6.57. The second-order valence-electron chi connectivity index (χ2n) is 4.54. The van der Waals surface area contributed by atoms with Crippen LogP contribution in [-0.4, -0.2) is 17.6 Å². The Bertz CT molecular complexity index is 610. The normalized spacial score (nSPS) is 12.5. The van der Waals surface area contributed by atoms with Crippen molar-refractivity contribution in [3.8, 4) is 0 Å². The number of hydrogen-bond acceptors (Lipinski definition) is 3. The molecule has 3 nitrogen and oxygen atoms in total. The summed E-state index contributed by atoms with van der Waals surface area (Å²) < 4.78 is 0. The van der Waals surface area contributed by atoms with Crippen LogP contribution in [-0.2, 0) is 4.79 Å². The van der Waals surface area contributed by atoms with Gasteiger partial charge >= 0.3 is 0 Å². The zero-order chi connectivity index (χ0) is 15.1. The molecule has 0 aliphatic carbocycles. The van der Waals surface area contributed by atoms with Gasteiger partial charge in [-0.3, -0.25) is 4.79 Å². The van der Waals surface area contributed by atoms with Crippen LogP contribution in [0.4, 0.5) is 0 Å². The molecule has 0 radical (unpaired) electrons. The molecule has 110 valence electrons. The second kappa shape index (κ2) is 7.98. The average molecular weight is 322 g/mol. The zero-order valence-corrected chi connectivity index (χ0v) is 12.9. The molecular weight excluding hydrogens is 306 g/mol. The van der Waals surface area contributed by atoms with E-state index in [0.717, 1.165) is 11.1 Å². The van der Waals surface area contributed by atoms with E-state index in [2.05, 4.69) is 5.32 Å². The summed E-state index contributed by atoms with van der Waals surface area (Å²) in [4.78, 5) is 11.6. The number of carbonyl (C=O) groups is 1. The maximum Gasteiger partial charge on any atom is 0.244 e. The van der Waals surface area contributed by atoms with Gasteiger partial charge in [0.2, 0.25) is 5.91 Å². The highest BCUT2D eigenvalue weighted by Crippen LogP contribution is 2.19. The molecule has 0 fully saturated rings. The predicted molar refractivity (Wildman–Crippen MR) is 87.4 cm³/mol. The van der Waals surface area contributed by atoms with Crippen molar-refractivity contribution in [1.29, 1.82) is 0 Å². The molecule has 1 heterocycles. The fourth-order valence-corrected chi connectivity index (χ4v) is 2.64. The first-order chi connectivity index (χ1) is 10.1. The van der Waals surface area contributed by atoms with Crippen LogP contribution in [0.3, 0.4) is 0 Å². The van der Waals surface area contributed by atoms with Crippen molar-refractivity contribution >= 4 is 34.9 Å². The van der Waals surface area contributed by atoms with Gasteiger partial charge in [0.15, 0.2) is 0 Å². The summed E-state index contributed by atoms with van der Waals surface area (Å²) in [6, 6.07) is 9.04. The number of rotatable bonds is 6. The fourth-order valence-electron chi connectivity index (χ4n) is 1.81. The van der Waals surface area contributed by atoms with Crippen LogP contribution in [0.25, 0.3) is 6.08 Å². The number of thiophene rings is 1. The Balaban J connectivity index is 1.75. The number of aliphatic hydroxyl groups is 1. The molecule has 1 aromatic carbocycles. The standard InChI is InChI=1S/C16H16ClNO2S/c17-14-3-1-2-13(10-14)15(19)6-8-18-16(20)5-4-12-7-9-21-11-12/h1-5,7,9-11,15,19H,6,8H2,(H,18,20). The van der Waals surface area contributed by atoms with Crippen LogP contribution in [0.1, 0.15) is 23.7 Å². The first-order valence-corrected chi connectivity index (χ1v) is 7.89. The topological polar surface area (TPSA) is 49.3 Å². The lowest BCUT2D eigenvalue weighted by Crippen LogP contribution is -2.23. The first kappa shape index (κ1) is 15.8. The number of amides is 1. The maximum absolute atomic E-state index is 11.6. The van der Waals surface area contributed by atoms with Crippen molar-refractivity contribution in [2.24, 2.45) is 0 Å². The van der Waals surface area contributed by atoms with Gasteiger partial charge in [0.05, 0.1) is 6.10 Å². The minimum absolute atomic E-state index is 0.167. The molecule has 2 N–H and O–H groups in total. The quantitative estimate of drug-likeness (QED) is 0.798. The third-order valence-corrected chi connectivity index (χ3v) is 3.86. The number of benzene rings is 1. The smallest absolute Gasteiger partial charge is 0.244 e. The van der Waals surface area contributed by atoms with Crippen LogP contribution >= 0.6 is 22.9 Å². The minimum Gasteiger partial charge on any atom is -0.388 e. The predicted octanol–water partition coefficient (Wildman–Crippen LogP) is 3.65. The third-order valence-electron chi connectivity index (χ3n) is 2.92. The summed E-state index contributed by atoms with van der Waals surface area (Å²) in [6.07, 6.45) is 3.07. The van der Waals surface area contributed by atoms with Gasteiger partial charge in [-0.25, -0.2) is 0 Å². The van der Waals surface area contributed by atoms with Crippen LogP contribution in [0.2, 0.25) is 5.02 Å². The third kappa shape index (κ3) is 5.34. The van der Waals surface area contributed by atoms with E-state index in [1.165, 1.54) is 6.08 Å². The average Bonchev–Trinajstić information content (AvgIpc) is 2.98. The van der Waals surface area contributed by atoms with Crippen molar-refractivity contribution in [3.05, 3.63) is 63.3 Å². The Labute approximate surface area is 132 Å². The van der Waals surface area contributed by atoms with E-state index in [0.29, 0.717) is 18.0 Å². The molecule has 0 aliphatic rings. The summed E-state index contributed by atoms with van der Waals surface area (Å²) in [5, 5.41) is 17.3. The van der Waals surface area contributed by atoms with E-state index in [9.17, 15) is 9.90 Å². The lowest BCUT2D eigenvalue weighted by Gasteiger charge is -2.11. The van der Waals surface area contributed by atoms with Crippen LogP contribution in [0, 0.1) is 0 Å². The molecule has 21 heavy (non-hydrogen) atoms. The van der Waals surface area contributed by atoms with Crippen molar-refractivity contribution in [1.82, 2.24) is 5.32 Å².